The van der Waals surface area contributed by atoms with Crippen molar-refractivity contribution in [1.82, 2.24) is 0 Å². The van der Waals surface area contributed by atoms with Gasteiger partial charge in [-0.3, -0.25) is 0 Å². The molecule has 0 N–H and O–H groups in total. The van der Waals surface area contributed by atoms with Crippen LogP contribution in [-0.2, 0) is 23.7 Å². The third kappa shape index (κ3) is 5.13. The number of hydrogen-bond acceptors (Lipinski definition) is 0. The molecule has 0 amide bonds. The third-order valence-corrected chi connectivity index (χ3v) is 14.6. The Morgan fingerprint density at radius 1 is 0.722 bits per heavy atom. The van der Waals surface area contributed by atoms with Crippen molar-refractivity contribution < 1.29 is 0 Å². The van der Waals surface area contributed by atoms with Gasteiger partial charge in [-0.1, -0.05) is 141 Å². The zero-order chi connectivity index (χ0) is 38.6. The second-order valence-electron chi connectivity index (χ2n) is 19.2. The Balaban J connectivity index is 1.50. The number of benzene rings is 4. The summed E-state index contributed by atoms with van der Waals surface area (Å²) in [6.07, 6.45) is 12.5. The van der Waals surface area contributed by atoms with Crippen molar-refractivity contribution in [3.8, 4) is 11.1 Å². The van der Waals surface area contributed by atoms with Crippen molar-refractivity contribution >= 4 is 21.9 Å². The van der Waals surface area contributed by atoms with Gasteiger partial charge in [-0.05, 0) is 172 Å². The van der Waals surface area contributed by atoms with Crippen molar-refractivity contribution in [3.63, 3.8) is 0 Å². The minimum atomic E-state index is -0.240. The van der Waals surface area contributed by atoms with Crippen molar-refractivity contribution in [1.29, 1.82) is 0 Å². The molecule has 4 aromatic rings. The summed E-state index contributed by atoms with van der Waals surface area (Å²) >= 11 is 0. The molecule has 0 saturated heterocycles. The van der Waals surface area contributed by atoms with E-state index in [1.165, 1.54) is 81.0 Å². The summed E-state index contributed by atoms with van der Waals surface area (Å²) in [6, 6.07) is 20.3. The van der Waals surface area contributed by atoms with Crippen LogP contribution >= 0.6 is 0 Å². The summed E-state index contributed by atoms with van der Waals surface area (Å²) in [4.78, 5) is 0. The first-order chi connectivity index (χ1) is 25.7. The van der Waals surface area contributed by atoms with E-state index in [9.17, 15) is 0 Å². The van der Waals surface area contributed by atoms with Crippen molar-refractivity contribution in [2.45, 2.75) is 139 Å². The minimum Gasteiger partial charge on any atom is -0.0654 e. The van der Waals surface area contributed by atoms with Crippen LogP contribution in [-0.4, -0.2) is 0 Å². The second kappa shape index (κ2) is 13.2. The third-order valence-electron chi connectivity index (χ3n) is 14.6. The molecule has 1 spiro atoms. The smallest absolute Gasteiger partial charge is 0.0474 e. The molecule has 0 heterocycles. The molecule has 4 aliphatic carbocycles. The normalized spacial score (nSPS) is 20.7. The standard InChI is InChI=1S/C54H66/c1-14-36(15-2)39-28-42(37(16-3)17-4)49(31(7)8)54(29-39)46-21-20-40-43-27-38-19-18-35(22-30(5)6)26-41(38)50(43)53(12,13)52(40)48(46)45-25-34(11)47-33(10)23-32(9)24-44(47)51(45)54/h18-21,23-26,28-31,36-37,49H,14-17,22,27H2,1-13H3. The molecule has 2 atom stereocenters. The summed E-state index contributed by atoms with van der Waals surface area (Å²) in [5, 5.41) is 2.96. The van der Waals surface area contributed by atoms with Crippen LogP contribution in [0.5, 0.6) is 0 Å². The van der Waals surface area contributed by atoms with Gasteiger partial charge in [0, 0.05) is 16.7 Å². The first kappa shape index (κ1) is 37.3. The summed E-state index contributed by atoms with van der Waals surface area (Å²) in [7, 11) is 0. The molecule has 0 aromatic heterocycles. The number of aryl methyl sites for hydroxylation is 3. The fourth-order valence-corrected chi connectivity index (χ4v) is 12.7. The van der Waals surface area contributed by atoms with Gasteiger partial charge in [0.15, 0.2) is 0 Å². The molecular formula is C54H66. The highest BCUT2D eigenvalue weighted by atomic mass is 14.6. The summed E-state index contributed by atoms with van der Waals surface area (Å²) in [5.41, 5.74) is 24.2. The van der Waals surface area contributed by atoms with Crippen molar-refractivity contribution in [2.24, 2.45) is 29.6 Å². The Bertz CT molecular complexity index is 2280. The van der Waals surface area contributed by atoms with Crippen LogP contribution in [0.4, 0.5) is 0 Å². The molecule has 8 rings (SSSR count). The summed E-state index contributed by atoms with van der Waals surface area (Å²) in [6.45, 7) is 31.6. The van der Waals surface area contributed by atoms with Crippen LogP contribution in [0, 0.1) is 50.4 Å². The van der Waals surface area contributed by atoms with Gasteiger partial charge in [-0.2, -0.15) is 0 Å². The van der Waals surface area contributed by atoms with E-state index in [4.69, 9.17) is 0 Å². The Morgan fingerprint density at radius 2 is 1.41 bits per heavy atom. The average Bonchev–Trinajstić information content (AvgIpc) is 3.69. The van der Waals surface area contributed by atoms with Crippen molar-refractivity contribution in [3.05, 3.63) is 127 Å². The molecule has 4 aliphatic rings. The highest BCUT2D eigenvalue weighted by Gasteiger charge is 2.56. The Morgan fingerprint density at radius 3 is 2.06 bits per heavy atom. The first-order valence-electron chi connectivity index (χ1n) is 21.8. The molecule has 282 valence electrons. The van der Waals surface area contributed by atoms with Gasteiger partial charge in [0.2, 0.25) is 0 Å². The van der Waals surface area contributed by atoms with Gasteiger partial charge in [0.1, 0.15) is 0 Å². The van der Waals surface area contributed by atoms with Gasteiger partial charge in [0.25, 0.3) is 0 Å². The van der Waals surface area contributed by atoms with Crippen molar-refractivity contribution in [2.75, 3.05) is 0 Å². The average molecular weight is 715 g/mol. The van der Waals surface area contributed by atoms with Gasteiger partial charge in [-0.25, -0.2) is 0 Å². The van der Waals surface area contributed by atoms with E-state index < -0.39 is 0 Å². The van der Waals surface area contributed by atoms with E-state index in [1.807, 2.05) is 0 Å². The quantitative estimate of drug-likeness (QED) is 0.162. The van der Waals surface area contributed by atoms with Gasteiger partial charge >= 0.3 is 0 Å². The number of allylic oxidation sites excluding steroid dienone is 6. The lowest BCUT2D eigenvalue weighted by Crippen LogP contribution is -2.42. The number of fused-ring (bicyclic) bond motifs is 12. The molecule has 0 fully saturated rings. The van der Waals surface area contributed by atoms with E-state index in [2.05, 4.69) is 151 Å². The molecule has 4 aromatic carbocycles. The lowest BCUT2D eigenvalue weighted by Gasteiger charge is -2.47. The van der Waals surface area contributed by atoms with E-state index in [-0.39, 0.29) is 10.8 Å². The van der Waals surface area contributed by atoms with Crippen LogP contribution in [0.1, 0.15) is 151 Å². The van der Waals surface area contributed by atoms with Gasteiger partial charge in [0.05, 0.1) is 0 Å². The predicted octanol–water partition coefficient (Wildman–Crippen LogP) is 15.0. The summed E-state index contributed by atoms with van der Waals surface area (Å²) in [5.74, 6) is 2.64. The SMILES string of the molecule is CCC(CC)C1=CC2(c3ccc4c(c3-c3cc(C)c5c(C)cc(C)cc5c32)C(C)(C)C2=C4Cc3ccc(CC(C)C)cc32)C(C(C)C)C(C(CC)CC)=C1. The van der Waals surface area contributed by atoms with E-state index in [0.29, 0.717) is 29.6 Å². The maximum Gasteiger partial charge on any atom is 0.0474 e. The molecule has 0 heteroatoms. The van der Waals surface area contributed by atoms with E-state index in [1.54, 1.807) is 44.5 Å². The molecule has 0 bridgehead atoms. The Labute approximate surface area is 328 Å². The van der Waals surface area contributed by atoms with Crippen LogP contribution < -0.4 is 0 Å². The molecule has 0 nitrogen and oxygen atoms in total. The van der Waals surface area contributed by atoms with E-state index >= 15 is 0 Å². The molecule has 0 radical (unpaired) electrons. The first-order valence-corrected chi connectivity index (χ1v) is 21.8. The van der Waals surface area contributed by atoms with Crippen LogP contribution in [0.15, 0.2) is 71.8 Å². The van der Waals surface area contributed by atoms with Crippen LogP contribution in [0.3, 0.4) is 0 Å². The molecular weight excluding hydrogens is 649 g/mol. The lowest BCUT2D eigenvalue weighted by molar-refractivity contribution is 0.298. The molecule has 2 unspecified atom stereocenters. The number of hydrogen-bond donors (Lipinski definition) is 0. The zero-order valence-electron chi connectivity index (χ0n) is 35.9. The minimum absolute atomic E-state index is 0.107. The summed E-state index contributed by atoms with van der Waals surface area (Å²) < 4.78 is 0. The van der Waals surface area contributed by atoms with Gasteiger partial charge in [-0.15, -0.1) is 0 Å². The predicted molar refractivity (Wildman–Crippen MR) is 236 cm³/mol. The topological polar surface area (TPSA) is 0 Å². The molecule has 0 aliphatic heterocycles. The molecule has 0 saturated carbocycles. The Hall–Kier alpha value is -3.64. The maximum atomic E-state index is 2.86. The lowest BCUT2D eigenvalue weighted by atomic mass is 9.55. The highest BCUT2D eigenvalue weighted by molar-refractivity contribution is 6.11. The van der Waals surface area contributed by atoms with E-state index in [0.717, 1.165) is 12.8 Å². The highest BCUT2D eigenvalue weighted by Crippen LogP contribution is 2.67. The van der Waals surface area contributed by atoms with Crippen LogP contribution in [0.2, 0.25) is 0 Å². The number of rotatable bonds is 9. The Kier molecular flexibility index (Phi) is 9.15. The monoisotopic (exact) mass is 715 g/mol. The molecule has 54 heavy (non-hydrogen) atoms. The van der Waals surface area contributed by atoms with Gasteiger partial charge < -0.3 is 0 Å². The van der Waals surface area contributed by atoms with Crippen LogP contribution in [0.25, 0.3) is 33.0 Å². The fraction of sp³-hybridized carbons (Fsp3) is 0.481. The maximum absolute atomic E-state index is 2.86. The largest absolute Gasteiger partial charge is 0.0654 e. The fourth-order valence-electron chi connectivity index (χ4n) is 12.7. The zero-order valence-corrected chi connectivity index (χ0v) is 35.9. The second-order valence-corrected chi connectivity index (χ2v) is 19.2.